The van der Waals surface area contributed by atoms with Gasteiger partial charge in [-0.3, -0.25) is 0 Å². The second kappa shape index (κ2) is 3.66. The van der Waals surface area contributed by atoms with E-state index in [0.29, 0.717) is 5.56 Å². The summed E-state index contributed by atoms with van der Waals surface area (Å²) in [5, 5.41) is 8.69. The van der Waals surface area contributed by atoms with E-state index < -0.39 is 5.97 Å². The van der Waals surface area contributed by atoms with Gasteiger partial charge in [0.2, 0.25) is 0 Å². The van der Waals surface area contributed by atoms with Gasteiger partial charge < -0.3 is 0 Å². The molecule has 1 aromatic heterocycles. The Morgan fingerprint density at radius 1 is 1.73 bits per heavy atom. The first-order valence-electron chi connectivity index (χ1n) is 2.92. The maximum atomic E-state index is 10.6. The fraction of sp³-hybridized carbons (Fsp3) is 0.143. The molecule has 60 valence electrons. The van der Waals surface area contributed by atoms with E-state index in [-0.39, 0.29) is 21.2 Å². The van der Waals surface area contributed by atoms with Crippen molar-refractivity contribution in [2.24, 2.45) is 0 Å². The van der Waals surface area contributed by atoms with Gasteiger partial charge in [-0.05, 0) is 0 Å². The number of halogens is 1. The van der Waals surface area contributed by atoms with Gasteiger partial charge in [0.15, 0.2) is 0 Å². The Hall–Kier alpha value is -0.650. The molecule has 0 saturated heterocycles. The van der Waals surface area contributed by atoms with Crippen LogP contribution in [0, 0.1) is 3.57 Å². The Balaban J connectivity index is 3.12. The van der Waals surface area contributed by atoms with Crippen LogP contribution in [0.25, 0.3) is 0 Å². The summed E-state index contributed by atoms with van der Waals surface area (Å²) in [4.78, 5) is 16.4. The van der Waals surface area contributed by atoms with Crippen molar-refractivity contribution in [3.05, 3.63) is 27.6 Å². The number of carboxylic acids is 1. The molecule has 0 atom stereocenters. The Labute approximate surface area is 74.7 Å². The summed E-state index contributed by atoms with van der Waals surface area (Å²) in [6, 6.07) is 1.54. The SMILES string of the molecule is C[I-]c1cnccc1C(=O)O. The van der Waals surface area contributed by atoms with Gasteiger partial charge in [0.05, 0.1) is 0 Å². The number of alkyl halides is 1. The van der Waals surface area contributed by atoms with Crippen molar-refractivity contribution in [1.82, 2.24) is 4.98 Å². The van der Waals surface area contributed by atoms with E-state index in [0.717, 1.165) is 3.57 Å². The maximum absolute atomic E-state index is 10.6. The van der Waals surface area contributed by atoms with Crippen molar-refractivity contribution >= 4 is 5.97 Å². The standard InChI is InChI=1S/C7H7INO2/c1-8-6-4-9-3-2-5(6)7(10)11/h2-4H,1H3,(H,10,11)/q-1. The summed E-state index contributed by atoms with van der Waals surface area (Å²) in [6.45, 7) is 0. The number of aromatic carboxylic acids is 1. The van der Waals surface area contributed by atoms with E-state index in [9.17, 15) is 4.79 Å². The Kier molecular flexibility index (Phi) is 2.81. The van der Waals surface area contributed by atoms with Crippen LogP contribution in [0.2, 0.25) is 0 Å². The van der Waals surface area contributed by atoms with E-state index in [2.05, 4.69) is 4.98 Å². The van der Waals surface area contributed by atoms with E-state index in [1.807, 2.05) is 4.93 Å². The molecule has 3 nitrogen and oxygen atoms in total. The van der Waals surface area contributed by atoms with Crippen LogP contribution in [0.4, 0.5) is 0 Å². The van der Waals surface area contributed by atoms with Gasteiger partial charge in [0.25, 0.3) is 0 Å². The summed E-state index contributed by atoms with van der Waals surface area (Å²) >= 11 is -0.189. The topological polar surface area (TPSA) is 50.2 Å². The molecule has 0 amide bonds. The van der Waals surface area contributed by atoms with Gasteiger partial charge in [0.1, 0.15) is 0 Å². The molecule has 0 aliphatic carbocycles. The van der Waals surface area contributed by atoms with Crippen LogP contribution in [0.15, 0.2) is 18.5 Å². The summed E-state index contributed by atoms with van der Waals surface area (Å²) < 4.78 is 0.888. The van der Waals surface area contributed by atoms with Crippen molar-refractivity contribution in [1.29, 1.82) is 0 Å². The summed E-state index contributed by atoms with van der Waals surface area (Å²) in [5.41, 5.74) is 0.398. The quantitative estimate of drug-likeness (QED) is 0.481. The normalized spacial score (nSPS) is 9.91. The van der Waals surface area contributed by atoms with Gasteiger partial charge in [-0.2, -0.15) is 0 Å². The number of rotatable bonds is 2. The summed E-state index contributed by atoms with van der Waals surface area (Å²) in [5.74, 6) is -0.857. The Morgan fingerprint density at radius 3 is 2.91 bits per heavy atom. The molecule has 1 aromatic rings. The third kappa shape index (κ3) is 1.89. The first kappa shape index (κ1) is 8.45. The molecular weight excluding hydrogens is 257 g/mol. The molecule has 0 aliphatic heterocycles. The Morgan fingerprint density at radius 2 is 2.45 bits per heavy atom. The zero-order chi connectivity index (χ0) is 8.27. The molecule has 0 saturated carbocycles. The first-order chi connectivity index (χ1) is 5.25. The fourth-order valence-electron chi connectivity index (χ4n) is 0.699. The molecule has 11 heavy (non-hydrogen) atoms. The number of pyridine rings is 1. The third-order valence-electron chi connectivity index (χ3n) is 1.21. The molecule has 0 spiro atoms. The summed E-state index contributed by atoms with van der Waals surface area (Å²) in [6.07, 6.45) is 3.14. The number of hydrogen-bond acceptors (Lipinski definition) is 2. The predicted octanol–water partition coefficient (Wildman–Crippen LogP) is -2.33. The van der Waals surface area contributed by atoms with Gasteiger partial charge in [-0.1, -0.05) is 0 Å². The van der Waals surface area contributed by atoms with E-state index >= 15 is 0 Å². The van der Waals surface area contributed by atoms with E-state index in [1.54, 1.807) is 12.3 Å². The number of nitrogens with zero attached hydrogens (tertiary/aromatic N) is 1. The van der Waals surface area contributed by atoms with E-state index in [1.165, 1.54) is 6.20 Å². The monoisotopic (exact) mass is 264 g/mol. The van der Waals surface area contributed by atoms with Crippen LogP contribution in [0.1, 0.15) is 10.4 Å². The second-order valence-electron chi connectivity index (χ2n) is 1.85. The minimum atomic E-state index is -0.857. The number of carboxylic acid groups (broad SMARTS) is 1. The van der Waals surface area contributed by atoms with Gasteiger partial charge >= 0.3 is 74.6 Å². The molecule has 0 aromatic carbocycles. The molecule has 1 rings (SSSR count). The average molecular weight is 264 g/mol. The summed E-state index contributed by atoms with van der Waals surface area (Å²) in [7, 11) is 0. The van der Waals surface area contributed by atoms with Crippen molar-refractivity contribution in [2.75, 3.05) is 4.93 Å². The minimum absolute atomic E-state index is 0.189. The second-order valence-corrected chi connectivity index (χ2v) is 4.09. The average Bonchev–Trinajstić information content (AvgIpc) is 2.04. The molecule has 0 bridgehead atoms. The van der Waals surface area contributed by atoms with Crippen molar-refractivity contribution in [2.45, 2.75) is 0 Å². The third-order valence-corrected chi connectivity index (χ3v) is 3.23. The van der Waals surface area contributed by atoms with Crippen molar-refractivity contribution in [3.8, 4) is 0 Å². The van der Waals surface area contributed by atoms with Crippen LogP contribution in [-0.4, -0.2) is 21.0 Å². The molecule has 1 heterocycles. The van der Waals surface area contributed by atoms with Crippen LogP contribution in [0.5, 0.6) is 0 Å². The molecule has 0 radical (unpaired) electrons. The Bertz CT molecular complexity index is 275. The van der Waals surface area contributed by atoms with Crippen molar-refractivity contribution in [3.63, 3.8) is 0 Å². The molecule has 4 heteroatoms. The van der Waals surface area contributed by atoms with Crippen LogP contribution >= 0.6 is 0 Å². The van der Waals surface area contributed by atoms with Gasteiger partial charge in [0, 0.05) is 0 Å². The molecular formula is C7H7INO2-. The fourth-order valence-corrected chi connectivity index (χ4v) is 2.13. The molecule has 0 fully saturated rings. The van der Waals surface area contributed by atoms with Crippen LogP contribution < -0.4 is 21.2 Å². The van der Waals surface area contributed by atoms with Crippen molar-refractivity contribution < 1.29 is 31.1 Å². The number of aromatic nitrogens is 1. The van der Waals surface area contributed by atoms with Crippen LogP contribution in [0.3, 0.4) is 0 Å². The molecule has 0 aliphatic rings. The van der Waals surface area contributed by atoms with Gasteiger partial charge in [-0.15, -0.1) is 0 Å². The molecule has 0 unspecified atom stereocenters. The molecule has 1 N–H and O–H groups in total. The van der Waals surface area contributed by atoms with E-state index in [4.69, 9.17) is 5.11 Å². The number of hydrogen-bond donors (Lipinski definition) is 1. The zero-order valence-corrected chi connectivity index (χ0v) is 8.07. The van der Waals surface area contributed by atoms with Crippen LogP contribution in [-0.2, 0) is 0 Å². The predicted molar refractivity (Wildman–Crippen MR) is 35.8 cm³/mol. The first-order valence-corrected chi connectivity index (χ1v) is 6.16. The number of carbonyl (C=O) groups is 1. The van der Waals surface area contributed by atoms with Gasteiger partial charge in [-0.25, -0.2) is 0 Å². The zero-order valence-electron chi connectivity index (χ0n) is 5.91.